The van der Waals surface area contributed by atoms with Crippen molar-refractivity contribution in [1.29, 1.82) is 5.26 Å². The summed E-state index contributed by atoms with van der Waals surface area (Å²) >= 11 is 0. The van der Waals surface area contributed by atoms with E-state index >= 15 is 0 Å². The van der Waals surface area contributed by atoms with Crippen LogP contribution in [-0.4, -0.2) is 26.2 Å². The van der Waals surface area contributed by atoms with Crippen LogP contribution >= 0.6 is 0 Å². The molecule has 0 aliphatic rings. The Morgan fingerprint density at radius 3 is 2.76 bits per heavy atom. The number of imidazole rings is 1. The summed E-state index contributed by atoms with van der Waals surface area (Å²) in [6.45, 7) is 1.98. The Bertz CT molecular complexity index is 1320. The van der Waals surface area contributed by atoms with Crippen LogP contribution in [0.4, 0.5) is 0 Å². The zero-order valence-electron chi connectivity index (χ0n) is 15.3. The number of nitriles is 1. The first-order chi connectivity index (χ1) is 13.9. The Balaban J connectivity index is 1.67. The van der Waals surface area contributed by atoms with Gasteiger partial charge in [0.25, 0.3) is 0 Å². The molecule has 4 rings (SSSR count). The minimum absolute atomic E-state index is 0.188. The fourth-order valence-corrected chi connectivity index (χ4v) is 3.00. The molecule has 29 heavy (non-hydrogen) atoms. The van der Waals surface area contributed by atoms with E-state index in [2.05, 4.69) is 16.0 Å². The number of benzene rings is 2. The van der Waals surface area contributed by atoms with E-state index in [1.165, 1.54) is 12.1 Å². The largest absolute Gasteiger partial charge is 0.507 e. The highest BCUT2D eigenvalue weighted by atomic mass is 16.4. The first kappa shape index (κ1) is 18.1. The Morgan fingerprint density at radius 2 is 2.03 bits per heavy atom. The Hall–Kier alpha value is -4.31. The summed E-state index contributed by atoms with van der Waals surface area (Å²) in [5.41, 5.74) is 3.33. The number of allylic oxidation sites excluding steroid dienone is 1. The average molecular weight is 385 g/mol. The van der Waals surface area contributed by atoms with Crippen LogP contribution in [0.1, 0.15) is 27.5 Å². The summed E-state index contributed by atoms with van der Waals surface area (Å²) in [4.78, 5) is 18.6. The molecule has 0 bridgehead atoms. The molecule has 7 nitrogen and oxygen atoms in total. The van der Waals surface area contributed by atoms with Crippen molar-refractivity contribution in [2.75, 3.05) is 0 Å². The number of aromatic hydroxyl groups is 1. The van der Waals surface area contributed by atoms with Gasteiger partial charge in [-0.25, -0.2) is 9.78 Å². The van der Waals surface area contributed by atoms with Crippen LogP contribution in [0.3, 0.4) is 0 Å². The quantitative estimate of drug-likeness (QED) is 0.441. The Labute approximate surface area is 165 Å². The minimum Gasteiger partial charge on any atom is -0.507 e. The standard InChI is InChI=1S/C22H15N3O4/c1-12-2-6-17-18(8-12)25-21(24-17)14(11-23)9-15-4-7-20(29-15)13-3-5-16(22(27)28)19(26)10-13/h2-10,26H,1H3,(H,24,25)(H,27,28). The zero-order valence-corrected chi connectivity index (χ0v) is 15.3. The number of nitrogens with one attached hydrogen (secondary N) is 1. The van der Waals surface area contributed by atoms with Crippen molar-refractivity contribution in [3.63, 3.8) is 0 Å². The maximum atomic E-state index is 11.0. The number of hydrogen-bond acceptors (Lipinski definition) is 5. The summed E-state index contributed by atoms with van der Waals surface area (Å²) in [5, 5.41) is 28.4. The summed E-state index contributed by atoms with van der Waals surface area (Å²) in [7, 11) is 0. The molecule has 2 aromatic heterocycles. The molecule has 2 heterocycles. The minimum atomic E-state index is -1.21. The van der Waals surface area contributed by atoms with Crippen molar-refractivity contribution < 1.29 is 19.4 Å². The van der Waals surface area contributed by atoms with E-state index in [0.29, 0.717) is 28.5 Å². The predicted octanol–water partition coefficient (Wildman–Crippen LogP) is 4.60. The van der Waals surface area contributed by atoms with Gasteiger partial charge in [0.05, 0.1) is 16.6 Å². The van der Waals surface area contributed by atoms with E-state index in [1.807, 2.05) is 25.1 Å². The van der Waals surface area contributed by atoms with E-state index in [0.717, 1.165) is 16.6 Å². The first-order valence-corrected chi connectivity index (χ1v) is 8.69. The number of aryl methyl sites for hydroxylation is 1. The number of hydrogen-bond donors (Lipinski definition) is 3. The summed E-state index contributed by atoms with van der Waals surface area (Å²) in [5.74, 6) is -0.263. The second kappa shape index (κ2) is 7.02. The van der Waals surface area contributed by atoms with Gasteiger partial charge in [0.1, 0.15) is 34.7 Å². The first-order valence-electron chi connectivity index (χ1n) is 8.69. The van der Waals surface area contributed by atoms with Crippen LogP contribution in [0.2, 0.25) is 0 Å². The van der Waals surface area contributed by atoms with Crippen LogP contribution in [0.25, 0.3) is 34.0 Å². The number of carbonyl (C=O) groups is 1. The van der Waals surface area contributed by atoms with Crippen molar-refractivity contribution >= 4 is 28.7 Å². The number of aromatic nitrogens is 2. The molecule has 3 N–H and O–H groups in total. The van der Waals surface area contributed by atoms with Gasteiger partial charge in [0, 0.05) is 11.6 Å². The number of aromatic carboxylic acids is 1. The number of fused-ring (bicyclic) bond motifs is 1. The lowest BCUT2D eigenvalue weighted by Gasteiger charge is -2.02. The number of carboxylic acid groups (broad SMARTS) is 1. The third-order valence-electron chi connectivity index (χ3n) is 4.44. The SMILES string of the molecule is Cc1ccc2nc(C(C#N)=Cc3ccc(-c4ccc(C(=O)O)c(O)c4)o3)[nH]c2c1. The molecule has 142 valence electrons. The van der Waals surface area contributed by atoms with Crippen molar-refractivity contribution in [2.45, 2.75) is 6.92 Å². The van der Waals surface area contributed by atoms with Gasteiger partial charge in [0.15, 0.2) is 0 Å². The number of rotatable bonds is 4. The van der Waals surface area contributed by atoms with Gasteiger partial charge < -0.3 is 19.6 Å². The lowest BCUT2D eigenvalue weighted by atomic mass is 10.1. The van der Waals surface area contributed by atoms with Gasteiger partial charge in [-0.2, -0.15) is 5.26 Å². The van der Waals surface area contributed by atoms with Gasteiger partial charge >= 0.3 is 5.97 Å². The maximum absolute atomic E-state index is 11.0. The molecule has 0 atom stereocenters. The van der Waals surface area contributed by atoms with Crippen molar-refractivity contribution in [1.82, 2.24) is 9.97 Å². The number of H-pyrrole nitrogens is 1. The molecule has 0 amide bonds. The highest BCUT2D eigenvalue weighted by molar-refractivity contribution is 5.92. The topological polar surface area (TPSA) is 123 Å². The van der Waals surface area contributed by atoms with Crippen LogP contribution in [0, 0.1) is 18.3 Å². The van der Waals surface area contributed by atoms with E-state index in [-0.39, 0.29) is 11.3 Å². The number of furan rings is 1. The van der Waals surface area contributed by atoms with Crippen LogP contribution < -0.4 is 0 Å². The van der Waals surface area contributed by atoms with Gasteiger partial charge in [-0.05, 0) is 48.9 Å². The number of aromatic amines is 1. The molecule has 0 saturated carbocycles. The lowest BCUT2D eigenvalue weighted by molar-refractivity contribution is 0.0693. The smallest absolute Gasteiger partial charge is 0.339 e. The second-order valence-electron chi connectivity index (χ2n) is 6.51. The van der Waals surface area contributed by atoms with Gasteiger partial charge in [0.2, 0.25) is 0 Å². The molecule has 0 fully saturated rings. The third-order valence-corrected chi connectivity index (χ3v) is 4.44. The zero-order chi connectivity index (χ0) is 20.5. The molecular formula is C22H15N3O4. The maximum Gasteiger partial charge on any atom is 0.339 e. The van der Waals surface area contributed by atoms with E-state index < -0.39 is 5.97 Å². The molecule has 0 aliphatic heterocycles. The monoisotopic (exact) mass is 385 g/mol. The highest BCUT2D eigenvalue weighted by Gasteiger charge is 2.13. The molecule has 4 aromatic rings. The number of carboxylic acids is 1. The summed E-state index contributed by atoms with van der Waals surface area (Å²) < 4.78 is 5.74. The predicted molar refractivity (Wildman–Crippen MR) is 107 cm³/mol. The second-order valence-corrected chi connectivity index (χ2v) is 6.51. The Morgan fingerprint density at radius 1 is 1.21 bits per heavy atom. The fraction of sp³-hybridized carbons (Fsp3) is 0.0455. The summed E-state index contributed by atoms with van der Waals surface area (Å²) in [6.07, 6.45) is 1.57. The Kier molecular flexibility index (Phi) is 4.37. The van der Waals surface area contributed by atoms with Crippen molar-refractivity contribution in [3.8, 4) is 23.1 Å². The number of phenols is 1. The molecule has 0 unspecified atom stereocenters. The molecular weight excluding hydrogens is 370 g/mol. The van der Waals surface area contributed by atoms with Crippen LogP contribution in [0.5, 0.6) is 5.75 Å². The van der Waals surface area contributed by atoms with Crippen molar-refractivity contribution in [2.24, 2.45) is 0 Å². The van der Waals surface area contributed by atoms with E-state index in [4.69, 9.17) is 9.52 Å². The molecule has 7 heteroatoms. The average Bonchev–Trinajstić information content (AvgIpc) is 3.32. The molecule has 0 spiro atoms. The molecule has 2 aromatic carbocycles. The molecule has 0 radical (unpaired) electrons. The lowest BCUT2D eigenvalue weighted by Crippen LogP contribution is -1.96. The molecule has 0 aliphatic carbocycles. The van der Waals surface area contributed by atoms with E-state index in [9.17, 15) is 15.2 Å². The normalized spacial score (nSPS) is 11.5. The van der Waals surface area contributed by atoms with Gasteiger partial charge in [-0.15, -0.1) is 0 Å². The van der Waals surface area contributed by atoms with Gasteiger partial charge in [-0.1, -0.05) is 12.1 Å². The van der Waals surface area contributed by atoms with Crippen molar-refractivity contribution in [3.05, 3.63) is 71.2 Å². The van der Waals surface area contributed by atoms with Gasteiger partial charge in [-0.3, -0.25) is 0 Å². The van der Waals surface area contributed by atoms with Crippen LogP contribution in [0.15, 0.2) is 52.9 Å². The van der Waals surface area contributed by atoms with Crippen LogP contribution in [-0.2, 0) is 0 Å². The third kappa shape index (κ3) is 3.47. The highest BCUT2D eigenvalue weighted by Crippen LogP contribution is 2.29. The molecule has 0 saturated heterocycles. The summed E-state index contributed by atoms with van der Waals surface area (Å²) in [6, 6.07) is 15.5. The number of nitrogens with zero attached hydrogens (tertiary/aromatic N) is 2. The van der Waals surface area contributed by atoms with E-state index in [1.54, 1.807) is 24.3 Å². The fourth-order valence-electron chi connectivity index (χ4n) is 3.00.